The topological polar surface area (TPSA) is 36.4 Å². The first-order valence-corrected chi connectivity index (χ1v) is 8.90. The Hall–Kier alpha value is -0.920. The van der Waals surface area contributed by atoms with Gasteiger partial charge in [-0.25, -0.2) is 4.98 Å². The molecule has 0 N–H and O–H groups in total. The molecule has 3 heterocycles. The van der Waals surface area contributed by atoms with E-state index in [2.05, 4.69) is 31.2 Å². The fraction of sp³-hybridized carbons (Fsp3) is 0.385. The van der Waals surface area contributed by atoms with Gasteiger partial charge < -0.3 is 9.80 Å². The number of hydrogen-bond donors (Lipinski definition) is 0. The van der Waals surface area contributed by atoms with E-state index in [-0.39, 0.29) is 5.91 Å². The van der Waals surface area contributed by atoms with E-state index in [1.54, 1.807) is 11.3 Å². The van der Waals surface area contributed by atoms with E-state index in [9.17, 15) is 4.79 Å². The van der Waals surface area contributed by atoms with Crippen LogP contribution in [-0.4, -0.2) is 42.0 Å². The average Bonchev–Trinajstić information content (AvgIpc) is 3.07. The fourth-order valence-electron chi connectivity index (χ4n) is 2.18. The summed E-state index contributed by atoms with van der Waals surface area (Å²) >= 11 is 6.59. The third-order valence-corrected chi connectivity index (χ3v) is 6.10. The van der Waals surface area contributed by atoms with Gasteiger partial charge in [0, 0.05) is 36.0 Å². The van der Waals surface area contributed by atoms with Crippen molar-refractivity contribution < 1.29 is 4.79 Å². The summed E-state index contributed by atoms with van der Waals surface area (Å²) in [4.78, 5) is 21.9. The van der Waals surface area contributed by atoms with Crippen LogP contribution >= 0.6 is 38.6 Å². The lowest BCUT2D eigenvalue weighted by Crippen LogP contribution is -2.48. The van der Waals surface area contributed by atoms with Crippen molar-refractivity contribution in [2.45, 2.75) is 6.92 Å². The number of halogens is 1. The number of nitrogens with zero attached hydrogens (tertiary/aromatic N) is 3. The molecular formula is C13H14BrN3OS2. The molecule has 2 aromatic rings. The maximum Gasteiger partial charge on any atom is 0.265 e. The lowest BCUT2D eigenvalue weighted by Gasteiger charge is -2.34. The molecule has 0 bridgehead atoms. The highest BCUT2D eigenvalue weighted by Gasteiger charge is 2.25. The number of hydrogen-bond acceptors (Lipinski definition) is 5. The number of carbonyl (C=O) groups is 1. The van der Waals surface area contributed by atoms with Crippen molar-refractivity contribution in [3.05, 3.63) is 31.9 Å². The van der Waals surface area contributed by atoms with Gasteiger partial charge in [-0.05, 0) is 34.3 Å². The molecule has 0 radical (unpaired) electrons. The molecule has 0 saturated carbocycles. The standard InChI is InChI=1S/C13H14BrN3OS2/c1-9-8-20-13(15-9)17-5-3-16(4-6-17)12(18)11-10(14)2-7-19-11/h2,7-8H,3-6H2,1H3. The Labute approximate surface area is 134 Å². The van der Waals surface area contributed by atoms with Crippen molar-refractivity contribution in [1.29, 1.82) is 0 Å². The molecule has 1 fully saturated rings. The first-order valence-electron chi connectivity index (χ1n) is 6.34. The molecule has 3 rings (SSSR count). The van der Waals surface area contributed by atoms with Crippen LogP contribution in [0.2, 0.25) is 0 Å². The summed E-state index contributed by atoms with van der Waals surface area (Å²) in [7, 11) is 0. The summed E-state index contributed by atoms with van der Waals surface area (Å²) in [5.74, 6) is 0.127. The number of aryl methyl sites for hydroxylation is 1. The molecule has 106 valence electrons. The van der Waals surface area contributed by atoms with Gasteiger partial charge in [0.1, 0.15) is 4.88 Å². The first-order chi connectivity index (χ1) is 9.65. The van der Waals surface area contributed by atoms with Gasteiger partial charge >= 0.3 is 0 Å². The molecule has 4 nitrogen and oxygen atoms in total. The van der Waals surface area contributed by atoms with Crippen LogP contribution in [0.25, 0.3) is 0 Å². The maximum absolute atomic E-state index is 12.4. The first kappa shape index (κ1) is 14.0. The smallest absolute Gasteiger partial charge is 0.265 e. The second-order valence-electron chi connectivity index (χ2n) is 4.65. The molecule has 0 aromatic carbocycles. The van der Waals surface area contributed by atoms with Gasteiger partial charge in [0.15, 0.2) is 5.13 Å². The fourth-order valence-corrected chi connectivity index (χ4v) is 4.54. The van der Waals surface area contributed by atoms with Gasteiger partial charge in [0.25, 0.3) is 5.91 Å². The summed E-state index contributed by atoms with van der Waals surface area (Å²) in [6.45, 7) is 5.21. The maximum atomic E-state index is 12.4. The molecule has 1 saturated heterocycles. The SMILES string of the molecule is Cc1csc(N2CCN(C(=O)c3sccc3Br)CC2)n1. The minimum absolute atomic E-state index is 0.127. The second-order valence-corrected chi connectivity index (χ2v) is 7.26. The van der Waals surface area contributed by atoms with E-state index in [0.717, 1.165) is 46.4 Å². The third kappa shape index (κ3) is 2.75. The normalized spacial score (nSPS) is 15.7. The molecule has 7 heteroatoms. The minimum Gasteiger partial charge on any atom is -0.345 e. The number of rotatable bonds is 2. The number of thiophene rings is 1. The largest absolute Gasteiger partial charge is 0.345 e. The van der Waals surface area contributed by atoms with Crippen LogP contribution in [-0.2, 0) is 0 Å². The Balaban J connectivity index is 1.64. The molecule has 2 aromatic heterocycles. The van der Waals surface area contributed by atoms with Gasteiger partial charge in [-0.1, -0.05) is 0 Å². The molecule has 0 spiro atoms. The Morgan fingerprint density at radius 1 is 1.30 bits per heavy atom. The Kier molecular flexibility index (Phi) is 4.09. The Morgan fingerprint density at radius 3 is 2.60 bits per heavy atom. The van der Waals surface area contributed by atoms with E-state index >= 15 is 0 Å². The van der Waals surface area contributed by atoms with Crippen molar-refractivity contribution in [2.24, 2.45) is 0 Å². The molecule has 20 heavy (non-hydrogen) atoms. The lowest BCUT2D eigenvalue weighted by atomic mass is 10.3. The monoisotopic (exact) mass is 371 g/mol. The van der Waals surface area contributed by atoms with Crippen LogP contribution in [0.1, 0.15) is 15.4 Å². The highest BCUT2D eigenvalue weighted by atomic mass is 79.9. The second kappa shape index (κ2) is 5.83. The van der Waals surface area contributed by atoms with Crippen LogP contribution in [0, 0.1) is 6.92 Å². The van der Waals surface area contributed by atoms with Crippen molar-refractivity contribution in [2.75, 3.05) is 31.1 Å². The number of aromatic nitrogens is 1. The number of carbonyl (C=O) groups excluding carboxylic acids is 1. The molecule has 0 unspecified atom stereocenters. The highest BCUT2D eigenvalue weighted by molar-refractivity contribution is 9.10. The summed E-state index contributed by atoms with van der Waals surface area (Å²) < 4.78 is 0.894. The van der Waals surface area contributed by atoms with Crippen LogP contribution in [0.15, 0.2) is 21.3 Å². The molecule has 1 aliphatic heterocycles. The van der Waals surface area contributed by atoms with Crippen molar-refractivity contribution >= 4 is 49.6 Å². The number of amides is 1. The van der Waals surface area contributed by atoms with Gasteiger partial charge in [-0.2, -0.15) is 0 Å². The Bertz CT molecular complexity index is 617. The highest BCUT2D eigenvalue weighted by Crippen LogP contribution is 2.26. The van der Waals surface area contributed by atoms with Gasteiger partial charge in [-0.3, -0.25) is 4.79 Å². The van der Waals surface area contributed by atoms with E-state index < -0.39 is 0 Å². The minimum atomic E-state index is 0.127. The summed E-state index contributed by atoms with van der Waals surface area (Å²) in [6.07, 6.45) is 0. The number of piperazine rings is 1. The van der Waals surface area contributed by atoms with Gasteiger partial charge in [-0.15, -0.1) is 22.7 Å². The third-order valence-electron chi connectivity index (χ3n) is 3.26. The van der Waals surface area contributed by atoms with Crippen LogP contribution < -0.4 is 4.90 Å². The van der Waals surface area contributed by atoms with E-state index in [1.165, 1.54) is 11.3 Å². The zero-order valence-corrected chi connectivity index (χ0v) is 14.2. The molecule has 1 aliphatic rings. The summed E-state index contributed by atoms with van der Waals surface area (Å²) in [5, 5.41) is 5.06. The van der Waals surface area contributed by atoms with Gasteiger partial charge in [0.05, 0.1) is 5.69 Å². The summed E-state index contributed by atoms with van der Waals surface area (Å²) in [5.41, 5.74) is 1.06. The molecule has 0 atom stereocenters. The van der Waals surface area contributed by atoms with Crippen LogP contribution in [0.5, 0.6) is 0 Å². The zero-order valence-electron chi connectivity index (χ0n) is 11.0. The molecular weight excluding hydrogens is 358 g/mol. The molecule has 0 aliphatic carbocycles. The van der Waals surface area contributed by atoms with E-state index in [1.807, 2.05) is 23.3 Å². The number of thiazole rings is 1. The zero-order chi connectivity index (χ0) is 14.1. The molecule has 1 amide bonds. The van der Waals surface area contributed by atoms with Crippen molar-refractivity contribution in [3.8, 4) is 0 Å². The number of anilines is 1. The van der Waals surface area contributed by atoms with Crippen molar-refractivity contribution in [1.82, 2.24) is 9.88 Å². The van der Waals surface area contributed by atoms with Crippen LogP contribution in [0.4, 0.5) is 5.13 Å². The predicted octanol–water partition coefficient (Wildman–Crippen LogP) is 3.24. The Morgan fingerprint density at radius 2 is 2.05 bits per heavy atom. The average molecular weight is 372 g/mol. The van der Waals surface area contributed by atoms with E-state index in [0.29, 0.717) is 0 Å². The lowest BCUT2D eigenvalue weighted by molar-refractivity contribution is 0.0751. The van der Waals surface area contributed by atoms with Crippen molar-refractivity contribution in [3.63, 3.8) is 0 Å². The summed E-state index contributed by atoms with van der Waals surface area (Å²) in [6, 6.07) is 1.92. The quantitative estimate of drug-likeness (QED) is 0.812. The van der Waals surface area contributed by atoms with E-state index in [4.69, 9.17) is 0 Å². The van der Waals surface area contributed by atoms with Crippen LogP contribution in [0.3, 0.4) is 0 Å². The predicted molar refractivity (Wildman–Crippen MR) is 87.0 cm³/mol. The van der Waals surface area contributed by atoms with Gasteiger partial charge in [0.2, 0.25) is 0 Å².